The number of anilines is 2. The van der Waals surface area contributed by atoms with E-state index in [0.717, 1.165) is 56.2 Å². The van der Waals surface area contributed by atoms with Crippen molar-refractivity contribution in [1.29, 1.82) is 0 Å². The summed E-state index contributed by atoms with van der Waals surface area (Å²) < 4.78 is 2.27. The molecule has 43 heavy (non-hydrogen) atoms. The summed E-state index contributed by atoms with van der Waals surface area (Å²) in [5, 5.41) is 15.6. The van der Waals surface area contributed by atoms with Crippen LogP contribution in [0.25, 0.3) is 10.9 Å². The maximum Gasteiger partial charge on any atom is 0.262 e. The molecule has 3 N–H and O–H groups in total. The smallest absolute Gasteiger partial charge is 0.262 e. The van der Waals surface area contributed by atoms with Gasteiger partial charge >= 0.3 is 0 Å². The lowest BCUT2D eigenvalue weighted by Gasteiger charge is -2.36. The van der Waals surface area contributed by atoms with Gasteiger partial charge in [-0.1, -0.05) is 0 Å². The first-order valence-corrected chi connectivity index (χ1v) is 15.5. The average Bonchev–Trinajstić information content (AvgIpc) is 3.73. The van der Waals surface area contributed by atoms with Crippen molar-refractivity contribution in [2.75, 3.05) is 42.9 Å². The molecule has 1 unspecified atom stereocenters. The summed E-state index contributed by atoms with van der Waals surface area (Å²) in [4.78, 5) is 53.5. The molecule has 2 aromatic carbocycles. The van der Waals surface area contributed by atoms with Crippen LogP contribution in [0, 0.1) is 5.92 Å². The van der Waals surface area contributed by atoms with Crippen molar-refractivity contribution < 1.29 is 19.2 Å². The average molecular weight is 582 g/mol. The Morgan fingerprint density at radius 1 is 0.907 bits per heavy atom. The van der Waals surface area contributed by atoms with Crippen molar-refractivity contribution in [2.24, 2.45) is 5.92 Å². The highest BCUT2D eigenvalue weighted by molar-refractivity contribution is 6.23. The van der Waals surface area contributed by atoms with E-state index in [-0.39, 0.29) is 18.7 Å². The molecule has 2 aliphatic carbocycles. The molecular weight excluding hydrogens is 546 g/mol. The molecule has 2 saturated heterocycles. The summed E-state index contributed by atoms with van der Waals surface area (Å²) in [6, 6.07) is 11.4. The Balaban J connectivity index is 0.927. The topological polar surface area (TPSA) is 129 Å². The van der Waals surface area contributed by atoms with E-state index in [1.54, 1.807) is 12.1 Å². The monoisotopic (exact) mass is 581 g/mol. The van der Waals surface area contributed by atoms with E-state index in [4.69, 9.17) is 5.10 Å². The largest absolute Gasteiger partial charge is 0.385 e. The van der Waals surface area contributed by atoms with E-state index < -0.39 is 23.8 Å². The van der Waals surface area contributed by atoms with Crippen LogP contribution in [0.2, 0.25) is 0 Å². The normalized spacial score (nSPS) is 25.6. The van der Waals surface area contributed by atoms with Gasteiger partial charge in [-0.2, -0.15) is 5.10 Å². The highest BCUT2D eigenvalue weighted by Crippen LogP contribution is 2.46. The molecule has 3 aromatic rings. The molecular formula is C32H35N7O4. The zero-order valence-corrected chi connectivity index (χ0v) is 24.0. The van der Waals surface area contributed by atoms with Crippen LogP contribution >= 0.6 is 0 Å². The summed E-state index contributed by atoms with van der Waals surface area (Å²) in [7, 11) is 0. The molecule has 1 aromatic heterocycles. The van der Waals surface area contributed by atoms with Gasteiger partial charge in [-0.05, 0) is 74.4 Å². The molecule has 0 spiro atoms. The second-order valence-corrected chi connectivity index (χ2v) is 12.6. The number of fused-ring (bicyclic) bond motifs is 2. The van der Waals surface area contributed by atoms with Crippen LogP contribution in [0.5, 0.6) is 0 Å². The first-order valence-electron chi connectivity index (χ1n) is 15.5. The maximum atomic E-state index is 13.2. The number of aromatic nitrogens is 2. The number of nitrogens with one attached hydrogen (secondary N) is 3. The lowest BCUT2D eigenvalue weighted by atomic mass is 9.80. The van der Waals surface area contributed by atoms with Crippen LogP contribution in [0.4, 0.5) is 11.4 Å². The minimum absolute atomic E-state index is 0.104. The number of piperidine rings is 1. The van der Waals surface area contributed by atoms with Crippen molar-refractivity contribution in [3.8, 4) is 0 Å². The van der Waals surface area contributed by atoms with Gasteiger partial charge in [0.15, 0.2) is 0 Å². The summed E-state index contributed by atoms with van der Waals surface area (Å²) in [5.74, 6) is -0.900. The Morgan fingerprint density at radius 3 is 2.47 bits per heavy atom. The van der Waals surface area contributed by atoms with Crippen molar-refractivity contribution in [3.05, 3.63) is 53.2 Å². The SMILES string of the molecule is O=C1CCC(N2C(=O)c3ccc(NCC4CC(n5nc(C6CC6)c6cc(N7CCNCC7)ccc65)C4)cc3C2=O)C(=O)N1. The molecule has 11 heteroatoms. The van der Waals surface area contributed by atoms with Gasteiger partial charge in [0.2, 0.25) is 11.8 Å². The fraction of sp³-hybridized carbons (Fsp3) is 0.469. The summed E-state index contributed by atoms with van der Waals surface area (Å²) >= 11 is 0. The predicted molar refractivity (Wildman–Crippen MR) is 160 cm³/mol. The molecule has 3 aliphatic heterocycles. The number of carbonyl (C=O) groups excluding carboxylic acids is 4. The third-order valence-corrected chi connectivity index (χ3v) is 9.76. The third kappa shape index (κ3) is 4.57. The number of imide groups is 2. The Hall–Kier alpha value is -4.25. The number of rotatable bonds is 7. The fourth-order valence-electron chi connectivity index (χ4n) is 7.12. The molecule has 8 rings (SSSR count). The summed E-state index contributed by atoms with van der Waals surface area (Å²) in [6.07, 6.45) is 4.75. The number of amides is 4. The van der Waals surface area contributed by atoms with Crippen LogP contribution in [0.1, 0.15) is 76.9 Å². The molecule has 4 amide bonds. The minimum Gasteiger partial charge on any atom is -0.385 e. The predicted octanol–water partition coefficient (Wildman–Crippen LogP) is 2.79. The van der Waals surface area contributed by atoms with E-state index in [2.05, 4.69) is 43.7 Å². The van der Waals surface area contributed by atoms with Crippen molar-refractivity contribution >= 4 is 45.9 Å². The van der Waals surface area contributed by atoms with E-state index in [0.29, 0.717) is 29.0 Å². The lowest BCUT2D eigenvalue weighted by Crippen LogP contribution is -2.54. The first kappa shape index (κ1) is 26.4. The van der Waals surface area contributed by atoms with Gasteiger partial charge in [0.1, 0.15) is 6.04 Å². The molecule has 222 valence electrons. The number of benzene rings is 2. The Labute approximate surface area is 248 Å². The highest BCUT2D eigenvalue weighted by atomic mass is 16.2. The zero-order chi connectivity index (χ0) is 29.2. The van der Waals surface area contributed by atoms with E-state index in [1.165, 1.54) is 35.1 Å². The van der Waals surface area contributed by atoms with Crippen molar-refractivity contribution in [1.82, 2.24) is 25.3 Å². The first-order chi connectivity index (χ1) is 20.9. The molecule has 0 bridgehead atoms. The van der Waals surface area contributed by atoms with Gasteiger partial charge in [-0.25, -0.2) is 0 Å². The van der Waals surface area contributed by atoms with Gasteiger partial charge in [0.25, 0.3) is 11.8 Å². The van der Waals surface area contributed by atoms with E-state index in [9.17, 15) is 19.2 Å². The Morgan fingerprint density at radius 2 is 1.70 bits per heavy atom. The maximum absolute atomic E-state index is 13.2. The van der Waals surface area contributed by atoms with Crippen LogP contribution in [-0.4, -0.2) is 77.1 Å². The van der Waals surface area contributed by atoms with Gasteiger partial charge in [-0.15, -0.1) is 0 Å². The second-order valence-electron chi connectivity index (χ2n) is 12.6. The second kappa shape index (κ2) is 10.2. The summed E-state index contributed by atoms with van der Waals surface area (Å²) in [6.45, 7) is 4.86. The molecule has 2 saturated carbocycles. The molecule has 5 aliphatic rings. The van der Waals surface area contributed by atoms with Crippen LogP contribution in [-0.2, 0) is 9.59 Å². The zero-order valence-electron chi connectivity index (χ0n) is 24.0. The Kier molecular flexibility index (Phi) is 6.25. The lowest BCUT2D eigenvalue weighted by molar-refractivity contribution is -0.136. The quantitative estimate of drug-likeness (QED) is 0.364. The van der Waals surface area contributed by atoms with Crippen LogP contribution in [0.15, 0.2) is 36.4 Å². The molecule has 4 fully saturated rings. The van der Waals surface area contributed by atoms with Crippen LogP contribution in [0.3, 0.4) is 0 Å². The fourth-order valence-corrected chi connectivity index (χ4v) is 7.12. The molecule has 11 nitrogen and oxygen atoms in total. The number of hydrogen-bond donors (Lipinski definition) is 3. The molecule has 1 atom stereocenters. The van der Waals surface area contributed by atoms with Gasteiger partial charge < -0.3 is 15.5 Å². The van der Waals surface area contributed by atoms with Crippen LogP contribution < -0.4 is 20.9 Å². The number of carbonyl (C=O) groups is 4. The van der Waals surface area contributed by atoms with E-state index >= 15 is 0 Å². The van der Waals surface area contributed by atoms with Crippen molar-refractivity contribution in [2.45, 2.75) is 56.5 Å². The minimum atomic E-state index is -0.958. The molecule has 4 heterocycles. The Bertz CT molecular complexity index is 1670. The summed E-state index contributed by atoms with van der Waals surface area (Å²) in [5.41, 5.74) is 5.15. The number of piperazine rings is 1. The van der Waals surface area contributed by atoms with Gasteiger partial charge in [0, 0.05) is 61.8 Å². The highest BCUT2D eigenvalue weighted by Gasteiger charge is 2.44. The van der Waals surface area contributed by atoms with E-state index in [1.807, 2.05) is 6.07 Å². The van der Waals surface area contributed by atoms with Crippen molar-refractivity contribution in [3.63, 3.8) is 0 Å². The van der Waals surface area contributed by atoms with Gasteiger partial charge in [0.05, 0.1) is 28.4 Å². The third-order valence-electron chi connectivity index (χ3n) is 9.76. The van der Waals surface area contributed by atoms with Gasteiger partial charge in [-0.3, -0.25) is 34.1 Å². The standard InChI is InChI=1S/C32H35N7O4/c40-28-8-7-27(30(41)35-28)38-31(42)23-5-3-20(15-24(23)32(38)43)34-17-18-13-22(14-18)39-26-6-4-21(37-11-9-33-10-12-37)16-25(26)29(36-39)19-1-2-19/h3-6,15-16,18-19,22,27,33-34H,1-2,7-14,17H2,(H,35,40,41). The molecule has 0 radical (unpaired) electrons. The number of nitrogens with zero attached hydrogens (tertiary/aromatic N) is 4. The number of hydrogen-bond acceptors (Lipinski definition) is 8.